The van der Waals surface area contributed by atoms with Crippen LogP contribution >= 0.6 is 0 Å². The van der Waals surface area contributed by atoms with Gasteiger partial charge >= 0.3 is 0 Å². The standard InChI is InChI=1S/C22H21NO/c1-16-13-14-21(22(24)15-16)23-19-11-4-2-7-17(19)9-6-10-18-8-3-5-12-20(18)23/h2-5,7-8,11-15,24H,6,9-10H2,1H3. The SMILES string of the molecule is Cc1ccc(N2c3ccccc3CCCc3ccccc32)c(O)c1. The van der Waals surface area contributed by atoms with E-state index in [9.17, 15) is 5.11 Å². The van der Waals surface area contributed by atoms with Crippen molar-refractivity contribution in [3.63, 3.8) is 0 Å². The number of phenolic OH excluding ortho intramolecular Hbond substituents is 1. The zero-order chi connectivity index (χ0) is 16.5. The third-order valence-electron chi connectivity index (χ3n) is 4.73. The molecule has 0 bridgehead atoms. The Kier molecular flexibility index (Phi) is 3.73. The largest absolute Gasteiger partial charge is 0.506 e. The van der Waals surface area contributed by atoms with Crippen molar-refractivity contribution in [2.75, 3.05) is 4.90 Å². The molecule has 0 saturated heterocycles. The molecule has 120 valence electrons. The van der Waals surface area contributed by atoms with Crippen molar-refractivity contribution in [3.05, 3.63) is 83.4 Å². The second kappa shape index (κ2) is 6.04. The van der Waals surface area contributed by atoms with Gasteiger partial charge in [-0.25, -0.2) is 0 Å². The predicted molar refractivity (Wildman–Crippen MR) is 99.6 cm³/mol. The maximum Gasteiger partial charge on any atom is 0.139 e. The summed E-state index contributed by atoms with van der Waals surface area (Å²) in [6.45, 7) is 2.00. The van der Waals surface area contributed by atoms with Gasteiger partial charge in [0.15, 0.2) is 0 Å². The van der Waals surface area contributed by atoms with Crippen molar-refractivity contribution in [3.8, 4) is 5.75 Å². The predicted octanol–water partition coefficient (Wildman–Crippen LogP) is 5.66. The average molecular weight is 315 g/mol. The molecular weight excluding hydrogens is 294 g/mol. The molecule has 0 radical (unpaired) electrons. The second-order valence-corrected chi connectivity index (χ2v) is 6.44. The number of anilines is 3. The van der Waals surface area contributed by atoms with E-state index in [4.69, 9.17) is 0 Å². The van der Waals surface area contributed by atoms with Crippen molar-refractivity contribution in [1.29, 1.82) is 0 Å². The maximum atomic E-state index is 10.6. The molecule has 0 spiro atoms. The van der Waals surface area contributed by atoms with Gasteiger partial charge in [-0.3, -0.25) is 0 Å². The molecule has 1 aliphatic heterocycles. The van der Waals surface area contributed by atoms with Crippen LogP contribution in [0.2, 0.25) is 0 Å². The summed E-state index contributed by atoms with van der Waals surface area (Å²) in [5.74, 6) is 0.320. The highest BCUT2D eigenvalue weighted by Gasteiger charge is 2.22. The highest BCUT2D eigenvalue weighted by molar-refractivity contribution is 5.83. The first kappa shape index (κ1) is 14.8. The van der Waals surface area contributed by atoms with E-state index in [0.717, 1.165) is 41.9 Å². The van der Waals surface area contributed by atoms with Crippen LogP contribution in [0.15, 0.2) is 66.7 Å². The first-order valence-corrected chi connectivity index (χ1v) is 8.49. The number of hydrogen-bond donors (Lipinski definition) is 1. The Bertz CT molecular complexity index is 837. The molecule has 0 unspecified atom stereocenters. The molecule has 0 atom stereocenters. The summed E-state index contributed by atoms with van der Waals surface area (Å²) >= 11 is 0. The number of benzene rings is 3. The third-order valence-corrected chi connectivity index (χ3v) is 4.73. The van der Waals surface area contributed by atoms with E-state index in [1.54, 1.807) is 0 Å². The van der Waals surface area contributed by atoms with Gasteiger partial charge < -0.3 is 10.0 Å². The van der Waals surface area contributed by atoms with Crippen LogP contribution in [0.1, 0.15) is 23.1 Å². The van der Waals surface area contributed by atoms with Crippen LogP contribution < -0.4 is 4.90 Å². The lowest BCUT2D eigenvalue weighted by molar-refractivity contribution is 0.476. The number of fused-ring (bicyclic) bond motifs is 2. The van der Waals surface area contributed by atoms with Gasteiger partial charge in [0.05, 0.1) is 5.69 Å². The zero-order valence-electron chi connectivity index (χ0n) is 13.9. The molecule has 2 heteroatoms. The van der Waals surface area contributed by atoms with Gasteiger partial charge in [0.2, 0.25) is 0 Å². The van der Waals surface area contributed by atoms with Crippen molar-refractivity contribution < 1.29 is 5.11 Å². The fourth-order valence-electron chi connectivity index (χ4n) is 3.56. The highest BCUT2D eigenvalue weighted by Crippen LogP contribution is 2.44. The fourth-order valence-corrected chi connectivity index (χ4v) is 3.56. The molecule has 1 N–H and O–H groups in total. The van der Waals surface area contributed by atoms with Crippen LogP contribution in [-0.4, -0.2) is 5.11 Å². The number of nitrogens with zero attached hydrogens (tertiary/aromatic N) is 1. The van der Waals surface area contributed by atoms with E-state index >= 15 is 0 Å². The quantitative estimate of drug-likeness (QED) is 0.626. The lowest BCUT2D eigenvalue weighted by atomic mass is 9.96. The Morgan fingerprint density at radius 2 is 1.33 bits per heavy atom. The van der Waals surface area contributed by atoms with Crippen LogP contribution in [-0.2, 0) is 12.8 Å². The summed E-state index contributed by atoms with van der Waals surface area (Å²) in [6, 6.07) is 22.9. The monoisotopic (exact) mass is 315 g/mol. The van der Waals surface area contributed by atoms with E-state index < -0.39 is 0 Å². The van der Waals surface area contributed by atoms with Gasteiger partial charge in [0.25, 0.3) is 0 Å². The van der Waals surface area contributed by atoms with E-state index in [-0.39, 0.29) is 0 Å². The average Bonchev–Trinajstić information content (AvgIpc) is 2.57. The number of aryl methyl sites for hydroxylation is 3. The number of para-hydroxylation sites is 2. The minimum absolute atomic E-state index is 0.320. The van der Waals surface area contributed by atoms with Crippen LogP contribution in [0.4, 0.5) is 17.1 Å². The summed E-state index contributed by atoms with van der Waals surface area (Å²) in [6.07, 6.45) is 3.24. The van der Waals surface area contributed by atoms with Gasteiger partial charge in [0, 0.05) is 11.4 Å². The molecule has 0 amide bonds. The number of phenols is 1. The molecule has 3 aromatic carbocycles. The van der Waals surface area contributed by atoms with Gasteiger partial charge in [-0.15, -0.1) is 0 Å². The van der Waals surface area contributed by atoms with E-state index in [0.29, 0.717) is 5.75 Å². The Morgan fingerprint density at radius 1 is 0.750 bits per heavy atom. The molecule has 3 aromatic rings. The van der Waals surface area contributed by atoms with Crippen LogP contribution in [0.3, 0.4) is 0 Å². The molecular formula is C22H21NO. The van der Waals surface area contributed by atoms with E-state index in [1.165, 1.54) is 11.1 Å². The van der Waals surface area contributed by atoms with Crippen molar-refractivity contribution in [2.24, 2.45) is 0 Å². The molecule has 1 aliphatic rings. The van der Waals surface area contributed by atoms with Crippen molar-refractivity contribution in [1.82, 2.24) is 0 Å². The molecule has 0 saturated carbocycles. The van der Waals surface area contributed by atoms with Crippen molar-refractivity contribution in [2.45, 2.75) is 26.2 Å². The molecule has 4 rings (SSSR count). The number of aromatic hydroxyl groups is 1. The number of rotatable bonds is 1. The Balaban J connectivity index is 2.00. The van der Waals surface area contributed by atoms with Gasteiger partial charge in [-0.05, 0) is 67.1 Å². The second-order valence-electron chi connectivity index (χ2n) is 6.44. The Hall–Kier alpha value is -2.74. The molecule has 0 fully saturated rings. The minimum Gasteiger partial charge on any atom is -0.506 e. The van der Waals surface area contributed by atoms with Crippen LogP contribution in [0, 0.1) is 6.92 Å². The topological polar surface area (TPSA) is 23.5 Å². The van der Waals surface area contributed by atoms with Gasteiger partial charge in [0.1, 0.15) is 5.75 Å². The highest BCUT2D eigenvalue weighted by atomic mass is 16.3. The summed E-state index contributed by atoms with van der Waals surface area (Å²) in [5, 5.41) is 10.6. The molecule has 1 heterocycles. The summed E-state index contributed by atoms with van der Waals surface area (Å²) in [5.41, 5.74) is 6.86. The van der Waals surface area contributed by atoms with Gasteiger partial charge in [-0.1, -0.05) is 42.5 Å². The Morgan fingerprint density at radius 3 is 1.92 bits per heavy atom. The van der Waals surface area contributed by atoms with Crippen molar-refractivity contribution >= 4 is 17.1 Å². The maximum absolute atomic E-state index is 10.6. The molecule has 0 aliphatic carbocycles. The molecule has 24 heavy (non-hydrogen) atoms. The third kappa shape index (κ3) is 2.54. The summed E-state index contributed by atoms with van der Waals surface area (Å²) < 4.78 is 0. The lowest BCUT2D eigenvalue weighted by Gasteiger charge is -2.31. The fraction of sp³-hybridized carbons (Fsp3) is 0.182. The van der Waals surface area contributed by atoms with E-state index in [1.807, 2.05) is 19.1 Å². The zero-order valence-corrected chi connectivity index (χ0v) is 13.9. The summed E-state index contributed by atoms with van der Waals surface area (Å²) in [7, 11) is 0. The minimum atomic E-state index is 0.320. The summed E-state index contributed by atoms with van der Waals surface area (Å²) in [4.78, 5) is 2.21. The molecule has 0 aromatic heterocycles. The van der Waals surface area contributed by atoms with E-state index in [2.05, 4.69) is 59.5 Å². The normalized spacial score (nSPS) is 13.6. The number of hydrogen-bond acceptors (Lipinski definition) is 2. The van der Waals surface area contributed by atoms with Crippen LogP contribution in [0.25, 0.3) is 0 Å². The first-order chi connectivity index (χ1) is 11.7. The molecule has 2 nitrogen and oxygen atoms in total. The smallest absolute Gasteiger partial charge is 0.139 e. The Labute approximate surface area is 143 Å². The first-order valence-electron chi connectivity index (χ1n) is 8.49. The van der Waals surface area contributed by atoms with Crippen LogP contribution in [0.5, 0.6) is 5.75 Å². The lowest BCUT2D eigenvalue weighted by Crippen LogP contribution is -2.16. The van der Waals surface area contributed by atoms with Gasteiger partial charge in [-0.2, -0.15) is 0 Å².